The molecule has 57 valence electrons. The summed E-state index contributed by atoms with van der Waals surface area (Å²) in [5.41, 5.74) is 0. The highest BCUT2D eigenvalue weighted by molar-refractivity contribution is 5.77. The quantitative estimate of drug-likeness (QED) is 0.576. The van der Waals surface area contributed by atoms with Gasteiger partial charge in [0, 0.05) is 13.6 Å². The van der Waals surface area contributed by atoms with Crippen LogP contribution in [-0.4, -0.2) is 23.5 Å². The minimum absolute atomic E-state index is 0.0568. The molecule has 0 saturated carbocycles. The largest absolute Gasteiger partial charge is 0.333 e. The van der Waals surface area contributed by atoms with E-state index in [0.717, 1.165) is 6.54 Å². The SMILES string of the molecule is [CH2]N1C[C@@H](C(C)C)NC1=O. The average Bonchev–Trinajstić information content (AvgIpc) is 2.13. The van der Waals surface area contributed by atoms with Crippen LogP contribution in [0.15, 0.2) is 0 Å². The van der Waals surface area contributed by atoms with E-state index in [1.807, 2.05) is 0 Å². The number of rotatable bonds is 1. The van der Waals surface area contributed by atoms with E-state index in [-0.39, 0.29) is 12.1 Å². The molecule has 0 spiro atoms. The number of hydrogen-bond donors (Lipinski definition) is 1. The summed E-state index contributed by atoms with van der Waals surface area (Å²) in [6.07, 6.45) is 0. The molecule has 0 aromatic heterocycles. The van der Waals surface area contributed by atoms with Crippen molar-refractivity contribution in [2.24, 2.45) is 5.92 Å². The topological polar surface area (TPSA) is 32.3 Å². The smallest absolute Gasteiger partial charge is 0.317 e. The molecular weight excluding hydrogens is 128 g/mol. The molecule has 0 aliphatic carbocycles. The minimum Gasteiger partial charge on any atom is -0.333 e. The molecule has 1 N–H and O–H groups in total. The molecule has 1 aliphatic heterocycles. The molecule has 1 aliphatic rings. The molecule has 1 saturated heterocycles. The molecule has 1 atom stereocenters. The number of nitrogens with one attached hydrogen (secondary N) is 1. The van der Waals surface area contributed by atoms with Crippen molar-refractivity contribution in [2.75, 3.05) is 6.54 Å². The van der Waals surface area contributed by atoms with Gasteiger partial charge in [-0.2, -0.15) is 0 Å². The van der Waals surface area contributed by atoms with Crippen molar-refractivity contribution in [2.45, 2.75) is 19.9 Å². The predicted molar refractivity (Wildman–Crippen MR) is 39.2 cm³/mol. The highest BCUT2D eigenvalue weighted by Gasteiger charge is 2.27. The van der Waals surface area contributed by atoms with E-state index in [2.05, 4.69) is 26.2 Å². The first-order chi connectivity index (χ1) is 4.61. The second-order valence-corrected chi connectivity index (χ2v) is 3.02. The Bertz CT molecular complexity index is 145. The first-order valence-electron chi connectivity index (χ1n) is 3.50. The summed E-state index contributed by atoms with van der Waals surface area (Å²) in [5.74, 6) is 0.496. The van der Waals surface area contributed by atoms with Crippen LogP contribution in [0, 0.1) is 13.0 Å². The number of amides is 2. The van der Waals surface area contributed by atoms with Gasteiger partial charge < -0.3 is 10.2 Å². The van der Waals surface area contributed by atoms with E-state index in [9.17, 15) is 4.79 Å². The lowest BCUT2D eigenvalue weighted by Crippen LogP contribution is -2.30. The number of urea groups is 1. The predicted octanol–water partition coefficient (Wildman–Crippen LogP) is 0.828. The molecule has 1 fully saturated rings. The zero-order valence-corrected chi connectivity index (χ0v) is 6.42. The van der Waals surface area contributed by atoms with E-state index in [4.69, 9.17) is 0 Å². The fourth-order valence-corrected chi connectivity index (χ4v) is 0.993. The third-order valence-corrected chi connectivity index (χ3v) is 1.82. The average molecular weight is 141 g/mol. The number of nitrogens with zero attached hydrogens (tertiary/aromatic N) is 1. The molecule has 3 heteroatoms. The molecule has 2 amide bonds. The Morgan fingerprint density at radius 2 is 2.40 bits per heavy atom. The lowest BCUT2D eigenvalue weighted by Gasteiger charge is -2.12. The zero-order valence-electron chi connectivity index (χ0n) is 6.42. The summed E-state index contributed by atoms with van der Waals surface area (Å²) in [6, 6.07) is 0.226. The maximum Gasteiger partial charge on any atom is 0.317 e. The van der Waals surface area contributed by atoms with Gasteiger partial charge in [0.15, 0.2) is 0 Å². The first kappa shape index (κ1) is 7.38. The fourth-order valence-electron chi connectivity index (χ4n) is 0.993. The summed E-state index contributed by atoms with van der Waals surface area (Å²) in [4.78, 5) is 12.3. The van der Waals surface area contributed by atoms with Gasteiger partial charge in [0.25, 0.3) is 0 Å². The Morgan fingerprint density at radius 1 is 1.80 bits per heavy atom. The lowest BCUT2D eigenvalue weighted by atomic mass is 10.1. The van der Waals surface area contributed by atoms with Gasteiger partial charge in [-0.1, -0.05) is 13.8 Å². The van der Waals surface area contributed by atoms with Crippen molar-refractivity contribution < 1.29 is 4.79 Å². The molecule has 1 heterocycles. The zero-order chi connectivity index (χ0) is 7.72. The van der Waals surface area contributed by atoms with E-state index in [1.165, 1.54) is 4.90 Å². The van der Waals surface area contributed by atoms with Crippen molar-refractivity contribution >= 4 is 6.03 Å². The Kier molecular flexibility index (Phi) is 1.83. The summed E-state index contributed by atoms with van der Waals surface area (Å²) < 4.78 is 0. The van der Waals surface area contributed by atoms with Crippen LogP contribution in [0.3, 0.4) is 0 Å². The van der Waals surface area contributed by atoms with Crippen LogP contribution in [0.5, 0.6) is 0 Å². The van der Waals surface area contributed by atoms with E-state index in [0.29, 0.717) is 5.92 Å². The van der Waals surface area contributed by atoms with Crippen molar-refractivity contribution in [3.05, 3.63) is 7.05 Å². The van der Waals surface area contributed by atoms with Crippen LogP contribution in [-0.2, 0) is 0 Å². The van der Waals surface area contributed by atoms with Crippen molar-refractivity contribution in [3.8, 4) is 0 Å². The van der Waals surface area contributed by atoms with Crippen LogP contribution >= 0.6 is 0 Å². The van der Waals surface area contributed by atoms with Crippen LogP contribution in [0.4, 0.5) is 4.79 Å². The van der Waals surface area contributed by atoms with Gasteiger partial charge in [0.05, 0.1) is 6.04 Å². The Balaban J connectivity index is 2.49. The summed E-state index contributed by atoms with van der Waals surface area (Å²) in [5, 5.41) is 2.83. The van der Waals surface area contributed by atoms with Crippen molar-refractivity contribution in [1.82, 2.24) is 10.2 Å². The second kappa shape index (κ2) is 2.48. The van der Waals surface area contributed by atoms with Crippen LogP contribution in [0.25, 0.3) is 0 Å². The third kappa shape index (κ3) is 1.23. The van der Waals surface area contributed by atoms with Crippen molar-refractivity contribution in [3.63, 3.8) is 0 Å². The molecule has 10 heavy (non-hydrogen) atoms. The lowest BCUT2D eigenvalue weighted by molar-refractivity contribution is 0.229. The van der Waals surface area contributed by atoms with Gasteiger partial charge in [0.2, 0.25) is 0 Å². The highest BCUT2D eigenvalue weighted by atomic mass is 16.2. The first-order valence-corrected chi connectivity index (χ1v) is 3.50. The number of carbonyl (C=O) groups excluding carboxylic acids is 1. The highest BCUT2D eigenvalue weighted by Crippen LogP contribution is 2.09. The van der Waals surface area contributed by atoms with Crippen LogP contribution in [0.2, 0.25) is 0 Å². The Hall–Kier alpha value is -0.730. The number of carbonyl (C=O) groups is 1. The van der Waals surface area contributed by atoms with Gasteiger partial charge in [-0.15, -0.1) is 0 Å². The monoisotopic (exact) mass is 141 g/mol. The maximum atomic E-state index is 10.8. The molecule has 1 rings (SSSR count). The van der Waals surface area contributed by atoms with Gasteiger partial charge in [-0.3, -0.25) is 0 Å². The molecule has 3 nitrogen and oxygen atoms in total. The Labute approximate surface area is 61.4 Å². The molecule has 0 bridgehead atoms. The minimum atomic E-state index is -0.0568. The van der Waals surface area contributed by atoms with E-state index < -0.39 is 0 Å². The fraction of sp³-hybridized carbons (Fsp3) is 0.714. The van der Waals surface area contributed by atoms with Crippen molar-refractivity contribution in [1.29, 1.82) is 0 Å². The van der Waals surface area contributed by atoms with Gasteiger partial charge in [0.1, 0.15) is 0 Å². The maximum absolute atomic E-state index is 10.8. The third-order valence-electron chi connectivity index (χ3n) is 1.82. The summed E-state index contributed by atoms with van der Waals surface area (Å²) in [7, 11) is 3.57. The molecule has 0 aromatic carbocycles. The molecular formula is C7H13N2O. The van der Waals surface area contributed by atoms with Gasteiger partial charge >= 0.3 is 6.03 Å². The van der Waals surface area contributed by atoms with Gasteiger partial charge in [-0.05, 0) is 5.92 Å². The summed E-state index contributed by atoms with van der Waals surface area (Å²) >= 11 is 0. The normalized spacial score (nSPS) is 25.8. The van der Waals surface area contributed by atoms with E-state index in [1.54, 1.807) is 0 Å². The molecule has 1 radical (unpaired) electrons. The van der Waals surface area contributed by atoms with Crippen LogP contribution in [0.1, 0.15) is 13.8 Å². The molecule has 0 aromatic rings. The van der Waals surface area contributed by atoms with E-state index >= 15 is 0 Å². The Morgan fingerprint density at radius 3 is 2.60 bits per heavy atom. The van der Waals surface area contributed by atoms with Gasteiger partial charge in [-0.25, -0.2) is 4.79 Å². The second-order valence-electron chi connectivity index (χ2n) is 3.02. The molecule has 0 unspecified atom stereocenters. The summed E-state index contributed by atoms with van der Waals surface area (Å²) in [6.45, 7) is 4.91. The van der Waals surface area contributed by atoms with Crippen LogP contribution < -0.4 is 5.32 Å². The number of hydrogen-bond acceptors (Lipinski definition) is 1. The standard InChI is InChI=1S/C7H13N2O/c1-5(2)6-4-9(3)7(10)8-6/h5-6H,3-4H2,1-2H3,(H,8,10)/t6-/m0/s1.